The number of benzene rings is 1. The standard InChI is InChI=1S/C15H19NO2S.C2H2O4/c1-17-14-6-5-12(10-15(14)18-2)7-8-16-11-13-4-3-9-19-13;3-1(4)2(5)6/h3-6,9-10,16H,7-8,11H2,1-2H3;(H,3,4)(H,5,6). The molecule has 136 valence electrons. The zero-order valence-corrected chi connectivity index (χ0v) is 14.8. The van der Waals surface area contributed by atoms with Crippen molar-refractivity contribution in [2.24, 2.45) is 0 Å². The lowest BCUT2D eigenvalue weighted by atomic mass is 10.1. The third-order valence-corrected chi connectivity index (χ3v) is 3.98. The summed E-state index contributed by atoms with van der Waals surface area (Å²) in [5.74, 6) is -2.08. The van der Waals surface area contributed by atoms with E-state index in [1.807, 2.05) is 12.1 Å². The average molecular weight is 367 g/mol. The van der Waals surface area contributed by atoms with Crippen molar-refractivity contribution in [2.75, 3.05) is 20.8 Å². The Morgan fingerprint density at radius 2 is 1.76 bits per heavy atom. The molecule has 0 atom stereocenters. The van der Waals surface area contributed by atoms with Gasteiger partial charge < -0.3 is 25.0 Å². The first-order chi connectivity index (χ1) is 12.0. The van der Waals surface area contributed by atoms with Gasteiger partial charge in [0.05, 0.1) is 14.2 Å². The first-order valence-electron chi connectivity index (χ1n) is 7.38. The highest BCUT2D eigenvalue weighted by Crippen LogP contribution is 2.27. The monoisotopic (exact) mass is 367 g/mol. The summed E-state index contributed by atoms with van der Waals surface area (Å²) in [4.78, 5) is 19.6. The molecular weight excluding hydrogens is 346 g/mol. The number of carboxylic acid groups (broad SMARTS) is 2. The van der Waals surface area contributed by atoms with E-state index < -0.39 is 11.9 Å². The fourth-order valence-electron chi connectivity index (χ4n) is 1.89. The molecule has 25 heavy (non-hydrogen) atoms. The largest absolute Gasteiger partial charge is 0.493 e. The van der Waals surface area contributed by atoms with Crippen LogP contribution in [0.15, 0.2) is 35.7 Å². The maximum atomic E-state index is 9.10. The van der Waals surface area contributed by atoms with E-state index in [0.717, 1.165) is 31.0 Å². The first kappa shape index (κ1) is 20.5. The highest BCUT2D eigenvalue weighted by atomic mass is 32.1. The number of ether oxygens (including phenoxy) is 2. The summed E-state index contributed by atoms with van der Waals surface area (Å²) in [6.07, 6.45) is 0.978. The zero-order valence-electron chi connectivity index (χ0n) is 14.0. The predicted octanol–water partition coefficient (Wildman–Crippen LogP) is 2.25. The van der Waals surface area contributed by atoms with Crippen LogP contribution in [-0.2, 0) is 22.6 Å². The SMILES string of the molecule is COc1ccc(CCNCc2cccs2)cc1OC.O=C(O)C(=O)O. The minimum atomic E-state index is -1.82. The van der Waals surface area contributed by atoms with Gasteiger partial charge in [0.1, 0.15) is 0 Å². The molecule has 0 fully saturated rings. The van der Waals surface area contributed by atoms with Gasteiger partial charge in [0, 0.05) is 11.4 Å². The number of carbonyl (C=O) groups is 2. The second kappa shape index (κ2) is 11.1. The number of thiophene rings is 1. The van der Waals surface area contributed by atoms with Gasteiger partial charge in [0.25, 0.3) is 0 Å². The summed E-state index contributed by atoms with van der Waals surface area (Å²) in [5.41, 5.74) is 1.25. The molecule has 2 rings (SSSR count). The lowest BCUT2D eigenvalue weighted by Crippen LogP contribution is -2.15. The number of methoxy groups -OCH3 is 2. The number of carboxylic acids is 2. The highest BCUT2D eigenvalue weighted by molar-refractivity contribution is 7.09. The van der Waals surface area contributed by atoms with Crippen molar-refractivity contribution in [1.29, 1.82) is 0 Å². The maximum absolute atomic E-state index is 9.10. The van der Waals surface area contributed by atoms with E-state index in [0.29, 0.717) is 0 Å². The molecule has 1 aromatic carbocycles. The van der Waals surface area contributed by atoms with E-state index in [-0.39, 0.29) is 0 Å². The summed E-state index contributed by atoms with van der Waals surface area (Å²) in [7, 11) is 3.32. The van der Waals surface area contributed by atoms with Gasteiger partial charge in [-0.05, 0) is 42.1 Å². The molecule has 0 unspecified atom stereocenters. The maximum Gasteiger partial charge on any atom is 0.414 e. The van der Waals surface area contributed by atoms with Gasteiger partial charge in [0.2, 0.25) is 0 Å². The van der Waals surface area contributed by atoms with Crippen LogP contribution in [0, 0.1) is 0 Å². The van der Waals surface area contributed by atoms with Crippen LogP contribution in [-0.4, -0.2) is 42.9 Å². The number of hydrogen-bond acceptors (Lipinski definition) is 6. The van der Waals surface area contributed by atoms with E-state index in [4.69, 9.17) is 29.3 Å². The number of nitrogens with one attached hydrogen (secondary N) is 1. The fourth-order valence-corrected chi connectivity index (χ4v) is 2.57. The van der Waals surface area contributed by atoms with Crippen molar-refractivity contribution >= 4 is 23.3 Å². The molecule has 0 radical (unpaired) electrons. The lowest BCUT2D eigenvalue weighted by molar-refractivity contribution is -0.159. The van der Waals surface area contributed by atoms with Crippen molar-refractivity contribution in [1.82, 2.24) is 5.32 Å². The lowest BCUT2D eigenvalue weighted by Gasteiger charge is -2.09. The van der Waals surface area contributed by atoms with Gasteiger partial charge in [0.15, 0.2) is 11.5 Å². The molecule has 0 saturated carbocycles. The van der Waals surface area contributed by atoms with E-state index >= 15 is 0 Å². The minimum Gasteiger partial charge on any atom is -0.493 e. The Hall–Kier alpha value is -2.58. The molecule has 2 aromatic rings. The molecule has 1 heterocycles. The Labute approximate surface area is 149 Å². The van der Waals surface area contributed by atoms with Crippen LogP contribution in [0.1, 0.15) is 10.4 Å². The van der Waals surface area contributed by atoms with Crippen LogP contribution in [0.25, 0.3) is 0 Å². The molecule has 7 nitrogen and oxygen atoms in total. The molecule has 0 bridgehead atoms. The van der Waals surface area contributed by atoms with E-state index in [9.17, 15) is 0 Å². The third kappa shape index (κ3) is 7.69. The Balaban J connectivity index is 0.000000450. The highest BCUT2D eigenvalue weighted by Gasteiger charge is 2.04. The van der Waals surface area contributed by atoms with Crippen LogP contribution >= 0.6 is 11.3 Å². The molecule has 0 saturated heterocycles. The number of rotatable bonds is 7. The van der Waals surface area contributed by atoms with Gasteiger partial charge in [-0.15, -0.1) is 11.3 Å². The molecule has 0 amide bonds. The van der Waals surface area contributed by atoms with E-state index in [1.165, 1.54) is 10.4 Å². The van der Waals surface area contributed by atoms with E-state index in [1.54, 1.807) is 25.6 Å². The molecule has 3 N–H and O–H groups in total. The number of hydrogen-bond donors (Lipinski definition) is 3. The third-order valence-electron chi connectivity index (χ3n) is 3.10. The molecular formula is C17H21NO6S. The van der Waals surface area contributed by atoms with Gasteiger partial charge in [-0.3, -0.25) is 0 Å². The topological polar surface area (TPSA) is 105 Å². The summed E-state index contributed by atoms with van der Waals surface area (Å²) in [5, 5.41) is 20.3. The predicted molar refractivity (Wildman–Crippen MR) is 94.5 cm³/mol. The first-order valence-corrected chi connectivity index (χ1v) is 8.26. The Kier molecular flexibility index (Phi) is 9.05. The minimum absolute atomic E-state index is 0.776. The van der Waals surface area contributed by atoms with Crippen LogP contribution < -0.4 is 14.8 Å². The normalized spacial score (nSPS) is 9.68. The van der Waals surface area contributed by atoms with Crippen molar-refractivity contribution in [3.05, 3.63) is 46.2 Å². The van der Waals surface area contributed by atoms with Crippen molar-refractivity contribution in [3.63, 3.8) is 0 Å². The van der Waals surface area contributed by atoms with Gasteiger partial charge in [-0.25, -0.2) is 9.59 Å². The van der Waals surface area contributed by atoms with Crippen molar-refractivity contribution < 1.29 is 29.3 Å². The second-order valence-corrected chi connectivity index (χ2v) is 5.84. The average Bonchev–Trinajstić information content (AvgIpc) is 3.12. The molecule has 0 aliphatic carbocycles. The number of aliphatic carboxylic acids is 2. The Morgan fingerprint density at radius 1 is 1.08 bits per heavy atom. The molecule has 0 aliphatic heterocycles. The Bertz CT molecular complexity index is 660. The van der Waals surface area contributed by atoms with Crippen LogP contribution in [0.4, 0.5) is 0 Å². The van der Waals surface area contributed by atoms with Crippen LogP contribution in [0.2, 0.25) is 0 Å². The van der Waals surface area contributed by atoms with Gasteiger partial charge in [-0.1, -0.05) is 12.1 Å². The van der Waals surface area contributed by atoms with Crippen LogP contribution in [0.3, 0.4) is 0 Å². The quantitative estimate of drug-likeness (QED) is 0.509. The molecule has 8 heteroatoms. The zero-order chi connectivity index (χ0) is 18.7. The smallest absolute Gasteiger partial charge is 0.414 e. The Morgan fingerprint density at radius 3 is 2.28 bits per heavy atom. The second-order valence-electron chi connectivity index (χ2n) is 4.81. The van der Waals surface area contributed by atoms with Gasteiger partial charge >= 0.3 is 11.9 Å². The molecule has 1 aromatic heterocycles. The fraction of sp³-hybridized carbons (Fsp3) is 0.294. The van der Waals surface area contributed by atoms with Crippen molar-refractivity contribution in [3.8, 4) is 11.5 Å². The molecule has 0 aliphatic rings. The molecule has 0 spiro atoms. The summed E-state index contributed by atoms with van der Waals surface area (Å²) >= 11 is 1.78. The van der Waals surface area contributed by atoms with E-state index in [2.05, 4.69) is 28.9 Å². The summed E-state index contributed by atoms with van der Waals surface area (Å²) in [6, 6.07) is 10.3. The van der Waals surface area contributed by atoms with Gasteiger partial charge in [-0.2, -0.15) is 0 Å². The summed E-state index contributed by atoms with van der Waals surface area (Å²) in [6.45, 7) is 1.89. The van der Waals surface area contributed by atoms with Crippen molar-refractivity contribution in [2.45, 2.75) is 13.0 Å². The summed E-state index contributed by atoms with van der Waals surface area (Å²) < 4.78 is 10.5. The van der Waals surface area contributed by atoms with Crippen LogP contribution in [0.5, 0.6) is 11.5 Å².